The molecule has 4 rings (SSSR count). The summed E-state index contributed by atoms with van der Waals surface area (Å²) >= 11 is 0.661. The van der Waals surface area contributed by atoms with Crippen LogP contribution in [-0.2, 0) is 0 Å². The van der Waals surface area contributed by atoms with Crippen molar-refractivity contribution in [2.45, 2.75) is 64.0 Å². The Morgan fingerprint density at radius 1 is 1.34 bits per heavy atom. The topological polar surface area (TPSA) is 98.2 Å². The van der Waals surface area contributed by atoms with Gasteiger partial charge in [0.15, 0.2) is 0 Å². The molecule has 2 aromatic rings. The van der Waals surface area contributed by atoms with E-state index in [0.29, 0.717) is 23.7 Å². The minimum atomic E-state index is -2.84. The Morgan fingerprint density at radius 3 is 2.59 bits per heavy atom. The van der Waals surface area contributed by atoms with Crippen molar-refractivity contribution in [1.82, 2.24) is 14.9 Å². The molecule has 0 bridgehead atoms. The fourth-order valence-electron chi connectivity index (χ4n) is 4.16. The van der Waals surface area contributed by atoms with E-state index in [2.05, 4.69) is 15.3 Å². The molecule has 32 heavy (non-hydrogen) atoms. The number of alkyl halides is 2. The molecular weight excluding hydrogens is 465 g/mol. The molecule has 1 aliphatic heterocycles. The number of hydrogen-bond acceptors (Lipinski definition) is 7. The first-order valence-electron chi connectivity index (χ1n) is 10.3. The number of hydrogen-bond donors (Lipinski definition) is 1. The van der Waals surface area contributed by atoms with Gasteiger partial charge in [0.05, 0.1) is 4.88 Å². The van der Waals surface area contributed by atoms with Crippen molar-refractivity contribution in [3.8, 4) is 10.4 Å². The fourth-order valence-corrected chi connectivity index (χ4v) is 5.08. The molecule has 0 spiro atoms. The van der Waals surface area contributed by atoms with Gasteiger partial charge in [-0.05, 0) is 52.0 Å². The van der Waals surface area contributed by atoms with Gasteiger partial charge in [-0.15, -0.1) is 11.3 Å². The van der Waals surface area contributed by atoms with Crippen LogP contribution in [-0.4, -0.2) is 44.9 Å². The second-order valence-electron chi connectivity index (χ2n) is 8.47. The molecule has 7 nitrogen and oxygen atoms in total. The number of aromatic nitrogens is 2. The van der Waals surface area contributed by atoms with Crippen molar-refractivity contribution < 1.29 is 74.9 Å². The second kappa shape index (κ2) is 10.1. The van der Waals surface area contributed by atoms with Crippen LogP contribution in [0.25, 0.3) is 10.4 Å². The van der Waals surface area contributed by atoms with Gasteiger partial charge in [0.2, 0.25) is 0 Å². The zero-order valence-corrected chi connectivity index (χ0v) is 22.2. The monoisotopic (exact) mass is 488 g/mol. The number of amides is 1. The zero-order valence-electron chi connectivity index (χ0n) is 18.3. The Bertz CT molecular complexity index is 1030. The first-order valence-corrected chi connectivity index (χ1v) is 11.1. The van der Waals surface area contributed by atoms with E-state index in [4.69, 9.17) is 0 Å². The van der Waals surface area contributed by atoms with E-state index in [1.165, 1.54) is 12.3 Å². The maximum atomic E-state index is 14.0. The van der Waals surface area contributed by atoms with Gasteiger partial charge in [0, 0.05) is 35.4 Å². The van der Waals surface area contributed by atoms with Gasteiger partial charge in [0.25, 0.3) is 12.3 Å². The normalized spacial score (nSPS) is 19.4. The van der Waals surface area contributed by atoms with Crippen molar-refractivity contribution in [1.29, 1.82) is 0 Å². The molecule has 166 valence electrons. The number of pyridine rings is 1. The molecule has 2 fully saturated rings. The van der Waals surface area contributed by atoms with E-state index in [1.54, 1.807) is 4.90 Å². The van der Waals surface area contributed by atoms with Crippen LogP contribution in [0, 0.1) is 0 Å². The number of carboxylic acid groups (broad SMARTS) is 1. The molecule has 1 aliphatic carbocycles. The van der Waals surface area contributed by atoms with Gasteiger partial charge >= 0.3 is 51.4 Å². The Hall–Kier alpha value is -0.984. The molecule has 2 aromatic heterocycles. The predicted octanol–water partition coefficient (Wildman–Crippen LogP) is 0.489. The van der Waals surface area contributed by atoms with Crippen molar-refractivity contribution in [3.63, 3.8) is 0 Å². The summed E-state index contributed by atoms with van der Waals surface area (Å²) in [6.45, 7) is 4.42. The molecule has 1 saturated carbocycles. The van der Waals surface area contributed by atoms with E-state index in [-0.39, 0.29) is 84.7 Å². The number of rotatable bonds is 6. The third-order valence-electron chi connectivity index (χ3n) is 6.12. The molecule has 1 atom stereocenters. The van der Waals surface area contributed by atoms with Crippen LogP contribution in [0.3, 0.4) is 0 Å². The summed E-state index contributed by atoms with van der Waals surface area (Å²) in [7, 11) is 0. The number of likely N-dealkylation sites (tertiary alicyclic amines) is 1. The number of anilines is 1. The Labute approximate surface area is 231 Å². The third kappa shape index (κ3) is 5.07. The van der Waals surface area contributed by atoms with E-state index < -0.39 is 23.3 Å². The Balaban J connectivity index is 0.00000289. The summed E-state index contributed by atoms with van der Waals surface area (Å²) in [4.78, 5) is 34.4. The molecule has 3 heterocycles. The number of nitrogens with one attached hydrogen (secondary N) is 1. The predicted molar refractivity (Wildman–Crippen MR) is 110 cm³/mol. The minimum Gasteiger partial charge on any atom is -0.542 e. The van der Waals surface area contributed by atoms with E-state index in [1.807, 2.05) is 13.8 Å². The van der Waals surface area contributed by atoms with Gasteiger partial charge in [-0.2, -0.15) is 0 Å². The molecule has 0 radical (unpaired) electrons. The maximum absolute atomic E-state index is 14.0. The fraction of sp³-hybridized carbons (Fsp3) is 0.524. The van der Waals surface area contributed by atoms with Crippen molar-refractivity contribution in [3.05, 3.63) is 28.5 Å². The summed E-state index contributed by atoms with van der Waals surface area (Å²) in [6, 6.07) is 1.24. The third-order valence-corrected chi connectivity index (χ3v) is 7.19. The summed E-state index contributed by atoms with van der Waals surface area (Å²) in [5, 5.41) is 14.2. The number of aromatic carboxylic acids is 1. The number of carboxylic acids is 1. The summed E-state index contributed by atoms with van der Waals surface area (Å²) < 4.78 is 28.0. The molecule has 2 aliphatic rings. The first-order chi connectivity index (χ1) is 14.7. The van der Waals surface area contributed by atoms with Crippen molar-refractivity contribution >= 4 is 29.0 Å². The van der Waals surface area contributed by atoms with Crippen LogP contribution in [0.2, 0.25) is 0 Å². The van der Waals surface area contributed by atoms with Crippen LogP contribution in [0.1, 0.15) is 78.2 Å². The van der Waals surface area contributed by atoms with Gasteiger partial charge in [-0.25, -0.2) is 18.7 Å². The van der Waals surface area contributed by atoms with Gasteiger partial charge in [0.1, 0.15) is 22.5 Å². The molecule has 1 N–H and O–H groups in total. The molecule has 11 heteroatoms. The average Bonchev–Trinajstić information content (AvgIpc) is 3.33. The number of nitrogens with zero attached hydrogens (tertiary/aromatic N) is 3. The zero-order chi connectivity index (χ0) is 22.3. The van der Waals surface area contributed by atoms with Crippen molar-refractivity contribution in [2.75, 3.05) is 11.9 Å². The number of carbonyl (C=O) groups excluding carboxylic acids is 2. The van der Waals surface area contributed by atoms with Gasteiger partial charge < -0.3 is 20.1 Å². The minimum absolute atomic E-state index is 0. The smallest absolute Gasteiger partial charge is 0.542 e. The molecule has 1 amide bonds. The largest absolute Gasteiger partial charge is 1.00 e. The van der Waals surface area contributed by atoms with E-state index in [9.17, 15) is 23.5 Å². The average molecular weight is 489 g/mol. The standard InChI is InChI=1S/C21H24F2N4O3S.K/c1-11-5-3-8-27(11)19(28)15-16(31-18(25-15)20(29)30)13-10-24-14(9-12(13)17(22)23)26-21(2)6-4-7-21;/h9-11,17H,3-8H2,1-2H3,(H,24,26)(H,29,30);/q;+1/p-1/t11-;/m0./s1. The summed E-state index contributed by atoms with van der Waals surface area (Å²) in [5.74, 6) is -1.69. The molecule has 0 aromatic carbocycles. The van der Waals surface area contributed by atoms with Gasteiger partial charge in [-0.3, -0.25) is 4.79 Å². The van der Waals surface area contributed by atoms with Crippen LogP contribution in [0.5, 0.6) is 0 Å². The second-order valence-corrected chi connectivity index (χ2v) is 9.47. The van der Waals surface area contributed by atoms with E-state index >= 15 is 0 Å². The Kier molecular flexibility index (Phi) is 8.09. The Morgan fingerprint density at radius 2 is 2.06 bits per heavy atom. The van der Waals surface area contributed by atoms with Crippen LogP contribution >= 0.6 is 11.3 Å². The first kappa shape index (κ1) is 25.6. The van der Waals surface area contributed by atoms with Crippen LogP contribution < -0.4 is 61.8 Å². The SMILES string of the molecule is C[C@H]1CCCN1C(=O)c1nc(C(=O)[O-])sc1-c1cnc(NC2(C)CCC2)cc1C(F)F.[K+]. The van der Waals surface area contributed by atoms with Gasteiger partial charge in [-0.1, -0.05) is 0 Å². The van der Waals surface area contributed by atoms with Crippen LogP contribution in [0.15, 0.2) is 12.3 Å². The number of carbonyl (C=O) groups is 2. The number of thiazole rings is 1. The number of halogens is 2. The molecular formula is C21H23F2KN4O3S. The summed E-state index contributed by atoms with van der Waals surface area (Å²) in [5.41, 5.74) is -0.626. The molecule has 0 unspecified atom stereocenters. The van der Waals surface area contributed by atoms with Crippen molar-refractivity contribution in [2.24, 2.45) is 0 Å². The summed E-state index contributed by atoms with van der Waals surface area (Å²) in [6.07, 6.45) is 2.99. The maximum Gasteiger partial charge on any atom is 1.00 e. The van der Waals surface area contributed by atoms with Crippen LogP contribution in [0.4, 0.5) is 14.6 Å². The van der Waals surface area contributed by atoms with E-state index in [0.717, 1.165) is 32.1 Å². The molecule has 1 saturated heterocycles. The quantitative estimate of drug-likeness (QED) is 0.595.